The Morgan fingerprint density at radius 2 is 1.74 bits per heavy atom. The van der Waals surface area contributed by atoms with Crippen molar-refractivity contribution in [2.45, 2.75) is 25.8 Å². The number of hydrogen-bond acceptors (Lipinski definition) is 3. The van der Waals surface area contributed by atoms with Crippen molar-refractivity contribution < 1.29 is 13.9 Å². The summed E-state index contributed by atoms with van der Waals surface area (Å²) >= 11 is 0. The van der Waals surface area contributed by atoms with E-state index >= 15 is 0 Å². The Labute approximate surface area is 196 Å². The Bertz CT molecular complexity index is 1440. The molecule has 1 aromatic heterocycles. The first-order valence-electron chi connectivity index (χ1n) is 11.3. The number of halogens is 1. The van der Waals surface area contributed by atoms with Crippen LogP contribution in [0.2, 0.25) is 0 Å². The number of ether oxygens (including phenoxy) is 1. The van der Waals surface area contributed by atoms with Gasteiger partial charge in [-0.25, -0.2) is 4.39 Å². The van der Waals surface area contributed by atoms with Crippen molar-refractivity contribution >= 4 is 16.7 Å². The number of fused-ring (bicyclic) bond motifs is 1. The van der Waals surface area contributed by atoms with E-state index in [1.807, 2.05) is 12.1 Å². The molecule has 1 fully saturated rings. The number of nitrogens with zero attached hydrogens (tertiary/aromatic N) is 1. The van der Waals surface area contributed by atoms with E-state index in [-0.39, 0.29) is 29.2 Å². The zero-order chi connectivity index (χ0) is 23.8. The fourth-order valence-corrected chi connectivity index (χ4v) is 4.61. The molecule has 6 heteroatoms. The summed E-state index contributed by atoms with van der Waals surface area (Å²) in [6.45, 7) is 1.78. The molecule has 172 valence electrons. The van der Waals surface area contributed by atoms with Gasteiger partial charge in [0.05, 0.1) is 18.7 Å². The van der Waals surface area contributed by atoms with E-state index in [0.717, 1.165) is 18.4 Å². The first kappa shape index (κ1) is 21.9. The average molecular weight is 457 g/mol. The number of nitrogens with one attached hydrogen (secondary N) is 1. The van der Waals surface area contributed by atoms with Gasteiger partial charge >= 0.3 is 0 Å². The Morgan fingerprint density at radius 1 is 1.03 bits per heavy atom. The van der Waals surface area contributed by atoms with E-state index < -0.39 is 0 Å². The molecule has 1 atom stereocenters. The molecule has 1 aliphatic carbocycles. The lowest BCUT2D eigenvalue weighted by Gasteiger charge is -2.22. The molecule has 1 N–H and O–H groups in total. The Morgan fingerprint density at radius 3 is 2.38 bits per heavy atom. The molecule has 3 aromatic carbocycles. The molecule has 0 unspecified atom stereocenters. The predicted molar refractivity (Wildman–Crippen MR) is 130 cm³/mol. The number of carbonyl (C=O) groups excluding carboxylic acids is 1. The van der Waals surface area contributed by atoms with Crippen LogP contribution in [0.4, 0.5) is 4.39 Å². The number of aromatic nitrogens is 1. The lowest BCUT2D eigenvalue weighted by molar-refractivity contribution is 0.0932. The van der Waals surface area contributed by atoms with Crippen molar-refractivity contribution in [2.24, 2.45) is 5.92 Å². The number of hydrogen-bond donors (Lipinski definition) is 1. The first-order chi connectivity index (χ1) is 16.5. The summed E-state index contributed by atoms with van der Waals surface area (Å²) in [6.07, 6.45) is 1.96. The molecule has 34 heavy (non-hydrogen) atoms. The van der Waals surface area contributed by atoms with E-state index in [2.05, 4.69) is 5.32 Å². The standard InChI is InChI=1S/C28H25FN2O3/c1-17-25(27(32)30-26(18-10-11-18)19-6-5-7-20(29)16-19)23-8-3-4-9-24(23)28(33)31(17)21-12-14-22(34-2)15-13-21/h3-9,12-16,18,26H,10-11H2,1-2H3,(H,30,32)/t26-/m0/s1. The summed E-state index contributed by atoms with van der Waals surface area (Å²) in [7, 11) is 1.58. The summed E-state index contributed by atoms with van der Waals surface area (Å²) in [5.41, 5.74) is 2.18. The number of pyridine rings is 1. The van der Waals surface area contributed by atoms with Crippen LogP contribution in [0.15, 0.2) is 77.6 Å². The maximum Gasteiger partial charge on any atom is 0.263 e. The van der Waals surface area contributed by atoms with Crippen molar-refractivity contribution in [1.29, 1.82) is 0 Å². The lowest BCUT2D eigenvalue weighted by atomic mass is 9.99. The van der Waals surface area contributed by atoms with Crippen LogP contribution in [0.25, 0.3) is 16.5 Å². The zero-order valence-corrected chi connectivity index (χ0v) is 19.0. The summed E-state index contributed by atoms with van der Waals surface area (Å²) in [4.78, 5) is 27.2. The van der Waals surface area contributed by atoms with Gasteiger partial charge < -0.3 is 10.1 Å². The Balaban J connectivity index is 1.63. The highest BCUT2D eigenvalue weighted by Crippen LogP contribution is 2.41. The molecule has 0 saturated heterocycles. The summed E-state index contributed by atoms with van der Waals surface area (Å²) < 4.78 is 20.7. The van der Waals surface area contributed by atoms with Crippen LogP contribution < -0.4 is 15.6 Å². The van der Waals surface area contributed by atoms with Crippen molar-refractivity contribution in [3.05, 3.63) is 106 Å². The summed E-state index contributed by atoms with van der Waals surface area (Å²) in [6, 6.07) is 20.4. The van der Waals surface area contributed by atoms with E-state index in [0.29, 0.717) is 33.5 Å². The quantitative estimate of drug-likeness (QED) is 0.427. The summed E-state index contributed by atoms with van der Waals surface area (Å²) in [5.74, 6) is 0.338. The van der Waals surface area contributed by atoms with Gasteiger partial charge in [0, 0.05) is 22.2 Å². The molecule has 5 nitrogen and oxygen atoms in total. The van der Waals surface area contributed by atoms with Gasteiger partial charge in [0.2, 0.25) is 0 Å². The largest absolute Gasteiger partial charge is 0.497 e. The van der Waals surface area contributed by atoms with Crippen LogP contribution in [-0.4, -0.2) is 17.6 Å². The van der Waals surface area contributed by atoms with Crippen LogP contribution in [0.5, 0.6) is 5.75 Å². The second kappa shape index (κ2) is 8.78. The van der Waals surface area contributed by atoms with Gasteiger partial charge in [-0.3, -0.25) is 14.2 Å². The monoisotopic (exact) mass is 456 g/mol. The number of carbonyl (C=O) groups is 1. The third-order valence-corrected chi connectivity index (χ3v) is 6.47. The van der Waals surface area contributed by atoms with Gasteiger partial charge in [0.15, 0.2) is 0 Å². The van der Waals surface area contributed by atoms with E-state index in [4.69, 9.17) is 4.74 Å². The summed E-state index contributed by atoms with van der Waals surface area (Å²) in [5, 5.41) is 4.21. The second-order valence-electron chi connectivity index (χ2n) is 8.69. The molecule has 4 aromatic rings. The third kappa shape index (κ3) is 3.96. The number of amides is 1. The van der Waals surface area contributed by atoms with Crippen LogP contribution >= 0.6 is 0 Å². The molecule has 1 saturated carbocycles. The Kier molecular flexibility index (Phi) is 5.65. The molecular formula is C28H25FN2O3. The Hall–Kier alpha value is -3.93. The molecular weight excluding hydrogens is 431 g/mol. The third-order valence-electron chi connectivity index (χ3n) is 6.47. The highest BCUT2D eigenvalue weighted by Gasteiger charge is 2.34. The highest BCUT2D eigenvalue weighted by molar-refractivity contribution is 6.08. The lowest BCUT2D eigenvalue weighted by Crippen LogP contribution is -2.33. The maximum atomic E-state index is 13.9. The van der Waals surface area contributed by atoms with Crippen molar-refractivity contribution in [1.82, 2.24) is 9.88 Å². The van der Waals surface area contributed by atoms with Gasteiger partial charge in [0.25, 0.3) is 11.5 Å². The van der Waals surface area contributed by atoms with Gasteiger partial charge in [-0.1, -0.05) is 30.3 Å². The molecule has 0 bridgehead atoms. The first-order valence-corrected chi connectivity index (χ1v) is 11.3. The average Bonchev–Trinajstić information content (AvgIpc) is 3.68. The van der Waals surface area contributed by atoms with E-state index in [1.54, 1.807) is 67.1 Å². The van der Waals surface area contributed by atoms with Crippen LogP contribution in [-0.2, 0) is 0 Å². The number of rotatable bonds is 6. The smallest absolute Gasteiger partial charge is 0.263 e. The highest BCUT2D eigenvalue weighted by atomic mass is 19.1. The van der Waals surface area contributed by atoms with Gasteiger partial charge in [-0.15, -0.1) is 0 Å². The molecule has 0 radical (unpaired) electrons. The van der Waals surface area contributed by atoms with Gasteiger partial charge in [-0.05, 0) is 73.7 Å². The van der Waals surface area contributed by atoms with E-state index in [9.17, 15) is 14.0 Å². The van der Waals surface area contributed by atoms with Crippen molar-refractivity contribution in [3.63, 3.8) is 0 Å². The minimum absolute atomic E-state index is 0.196. The van der Waals surface area contributed by atoms with E-state index in [1.165, 1.54) is 12.1 Å². The molecule has 0 spiro atoms. The normalized spacial score (nSPS) is 14.1. The minimum atomic E-state index is -0.327. The second-order valence-corrected chi connectivity index (χ2v) is 8.69. The fraction of sp³-hybridized carbons (Fsp3) is 0.214. The van der Waals surface area contributed by atoms with Crippen LogP contribution in [0.3, 0.4) is 0 Å². The predicted octanol–water partition coefficient (Wildman–Crippen LogP) is 5.33. The molecule has 1 amide bonds. The molecule has 1 aliphatic rings. The maximum absolute atomic E-state index is 13.9. The zero-order valence-electron chi connectivity index (χ0n) is 19.0. The number of methoxy groups -OCH3 is 1. The van der Waals surface area contributed by atoms with Gasteiger partial charge in [-0.2, -0.15) is 0 Å². The van der Waals surface area contributed by atoms with Crippen LogP contribution in [0.1, 0.15) is 40.5 Å². The number of benzene rings is 3. The molecule has 5 rings (SSSR count). The minimum Gasteiger partial charge on any atom is -0.497 e. The molecule has 1 heterocycles. The molecule has 0 aliphatic heterocycles. The van der Waals surface area contributed by atoms with Crippen LogP contribution in [0, 0.1) is 18.7 Å². The van der Waals surface area contributed by atoms with Crippen molar-refractivity contribution in [2.75, 3.05) is 7.11 Å². The fourth-order valence-electron chi connectivity index (χ4n) is 4.61. The topological polar surface area (TPSA) is 60.3 Å². The van der Waals surface area contributed by atoms with Crippen molar-refractivity contribution in [3.8, 4) is 11.4 Å². The SMILES string of the molecule is COc1ccc(-n2c(C)c(C(=O)N[C@H](c3cccc(F)c3)C3CC3)c3ccccc3c2=O)cc1. The van der Waals surface area contributed by atoms with Gasteiger partial charge in [0.1, 0.15) is 11.6 Å².